The maximum atomic E-state index is 9.55. The predicted molar refractivity (Wildman–Crippen MR) is 71.9 cm³/mol. The van der Waals surface area contributed by atoms with Gasteiger partial charge in [-0.2, -0.15) is 0 Å². The van der Waals surface area contributed by atoms with Crippen LogP contribution in [0.2, 0.25) is 0 Å². The van der Waals surface area contributed by atoms with E-state index in [0.717, 1.165) is 11.3 Å². The summed E-state index contributed by atoms with van der Waals surface area (Å²) in [4.78, 5) is 0. The molecule has 2 nitrogen and oxygen atoms in total. The zero-order valence-electron chi connectivity index (χ0n) is 11.8. The Hall–Kier alpha value is -1.02. The van der Waals surface area contributed by atoms with Gasteiger partial charge >= 0.3 is 0 Å². The van der Waals surface area contributed by atoms with E-state index >= 15 is 0 Å². The van der Waals surface area contributed by atoms with Crippen LogP contribution in [0.15, 0.2) is 6.07 Å². The van der Waals surface area contributed by atoms with E-state index in [1.807, 2.05) is 0 Å². The minimum Gasteiger partial charge on any atom is -0.496 e. The fraction of sp³-hybridized carbons (Fsp3) is 0.600. The summed E-state index contributed by atoms with van der Waals surface area (Å²) in [5, 5.41) is 9.55. The highest BCUT2D eigenvalue weighted by molar-refractivity contribution is 5.50. The summed E-state index contributed by atoms with van der Waals surface area (Å²) >= 11 is 0. The lowest BCUT2D eigenvalue weighted by atomic mass is 9.84. The van der Waals surface area contributed by atoms with Crippen LogP contribution in [0.5, 0.6) is 5.75 Å². The van der Waals surface area contributed by atoms with Gasteiger partial charge in [0.15, 0.2) is 0 Å². The van der Waals surface area contributed by atoms with E-state index in [9.17, 15) is 5.11 Å². The van der Waals surface area contributed by atoms with Crippen LogP contribution in [0.3, 0.4) is 0 Å². The third kappa shape index (κ3) is 2.63. The van der Waals surface area contributed by atoms with Crippen LogP contribution in [0, 0.1) is 26.7 Å². The summed E-state index contributed by atoms with van der Waals surface area (Å²) in [5.74, 6) is 1.61. The van der Waals surface area contributed by atoms with Crippen molar-refractivity contribution in [1.82, 2.24) is 0 Å². The molecule has 1 atom stereocenters. The van der Waals surface area contributed by atoms with Gasteiger partial charge in [0.2, 0.25) is 0 Å². The number of methoxy groups -OCH3 is 1. The molecule has 0 spiro atoms. The lowest BCUT2D eigenvalue weighted by molar-refractivity contribution is 0.236. The fourth-order valence-corrected chi connectivity index (χ4v) is 2.46. The summed E-state index contributed by atoms with van der Waals surface area (Å²) in [6.07, 6.45) is 0. The molecule has 0 radical (unpaired) electrons. The fourth-order valence-electron chi connectivity index (χ4n) is 2.46. The number of hydrogen-bond acceptors (Lipinski definition) is 2. The van der Waals surface area contributed by atoms with Gasteiger partial charge in [-0.25, -0.2) is 0 Å². The van der Waals surface area contributed by atoms with E-state index in [1.165, 1.54) is 16.7 Å². The Bertz CT molecular complexity index is 394. The van der Waals surface area contributed by atoms with Crippen molar-refractivity contribution in [3.63, 3.8) is 0 Å². The van der Waals surface area contributed by atoms with Gasteiger partial charge in [-0.1, -0.05) is 19.9 Å². The molecule has 1 aromatic carbocycles. The van der Waals surface area contributed by atoms with Gasteiger partial charge in [0.1, 0.15) is 5.75 Å². The molecular weight excluding hydrogens is 212 g/mol. The molecule has 0 saturated heterocycles. The van der Waals surface area contributed by atoms with Crippen molar-refractivity contribution in [2.75, 3.05) is 13.7 Å². The number of rotatable bonds is 4. The van der Waals surface area contributed by atoms with Crippen molar-refractivity contribution >= 4 is 0 Å². The second-order valence-electron chi connectivity index (χ2n) is 5.10. The second kappa shape index (κ2) is 5.54. The monoisotopic (exact) mass is 236 g/mol. The molecule has 96 valence electrons. The predicted octanol–water partition coefficient (Wildman–Crippen LogP) is 3.35. The molecule has 17 heavy (non-hydrogen) atoms. The Balaban J connectivity index is 3.36. The van der Waals surface area contributed by atoms with Crippen molar-refractivity contribution < 1.29 is 9.84 Å². The molecule has 1 N–H and O–H groups in total. The summed E-state index contributed by atoms with van der Waals surface area (Å²) in [7, 11) is 1.71. The van der Waals surface area contributed by atoms with Crippen molar-refractivity contribution in [1.29, 1.82) is 0 Å². The molecule has 0 amide bonds. The first-order valence-electron chi connectivity index (χ1n) is 6.19. The average molecular weight is 236 g/mol. The van der Waals surface area contributed by atoms with Crippen molar-refractivity contribution in [3.8, 4) is 5.75 Å². The first-order valence-corrected chi connectivity index (χ1v) is 6.19. The first-order chi connectivity index (χ1) is 7.93. The van der Waals surface area contributed by atoms with Crippen LogP contribution >= 0.6 is 0 Å². The molecule has 0 heterocycles. The van der Waals surface area contributed by atoms with Crippen LogP contribution in [-0.4, -0.2) is 18.8 Å². The van der Waals surface area contributed by atoms with Gasteiger partial charge in [0, 0.05) is 5.92 Å². The molecule has 0 aliphatic rings. The number of hydrogen-bond donors (Lipinski definition) is 1. The zero-order chi connectivity index (χ0) is 13.2. The lowest BCUT2D eigenvalue weighted by Crippen LogP contribution is -2.14. The molecular formula is C15H24O2. The van der Waals surface area contributed by atoms with E-state index in [-0.39, 0.29) is 12.5 Å². The molecule has 1 rings (SSSR count). The minimum absolute atomic E-state index is 0.198. The number of aryl methyl sites for hydroxylation is 1. The summed E-state index contributed by atoms with van der Waals surface area (Å²) in [5.41, 5.74) is 4.81. The van der Waals surface area contributed by atoms with E-state index < -0.39 is 0 Å². The van der Waals surface area contributed by atoms with Crippen molar-refractivity contribution in [2.45, 2.75) is 40.5 Å². The normalized spacial score (nSPS) is 12.9. The highest BCUT2D eigenvalue weighted by atomic mass is 16.5. The number of ether oxygens (including phenoxy) is 1. The smallest absolute Gasteiger partial charge is 0.124 e. The summed E-state index contributed by atoms with van der Waals surface area (Å²) in [6.45, 7) is 10.7. The Morgan fingerprint density at radius 1 is 1.18 bits per heavy atom. The second-order valence-corrected chi connectivity index (χ2v) is 5.10. The van der Waals surface area contributed by atoms with Crippen molar-refractivity contribution in [3.05, 3.63) is 28.3 Å². The van der Waals surface area contributed by atoms with Gasteiger partial charge in [-0.15, -0.1) is 0 Å². The molecule has 0 aliphatic carbocycles. The van der Waals surface area contributed by atoms with Gasteiger partial charge < -0.3 is 9.84 Å². The van der Waals surface area contributed by atoms with Gasteiger partial charge in [0.05, 0.1) is 13.7 Å². The van der Waals surface area contributed by atoms with Crippen LogP contribution < -0.4 is 4.74 Å². The lowest BCUT2D eigenvalue weighted by Gasteiger charge is -2.24. The molecule has 2 heteroatoms. The van der Waals surface area contributed by atoms with Gasteiger partial charge in [-0.05, 0) is 48.9 Å². The highest BCUT2D eigenvalue weighted by Crippen LogP contribution is 2.34. The third-order valence-electron chi connectivity index (χ3n) is 3.67. The van der Waals surface area contributed by atoms with Gasteiger partial charge in [-0.3, -0.25) is 0 Å². The third-order valence-corrected chi connectivity index (χ3v) is 3.67. The van der Waals surface area contributed by atoms with Crippen LogP contribution in [0.25, 0.3) is 0 Å². The Kier molecular flexibility index (Phi) is 4.58. The SMILES string of the molecule is COc1c(C)cc(C(CO)C(C)C)c(C)c1C. The van der Waals surface area contributed by atoms with Gasteiger partial charge in [0.25, 0.3) is 0 Å². The Morgan fingerprint density at radius 2 is 1.76 bits per heavy atom. The molecule has 0 fully saturated rings. The quantitative estimate of drug-likeness (QED) is 0.868. The molecule has 0 aromatic heterocycles. The first kappa shape index (κ1) is 14.0. The van der Waals surface area contributed by atoms with E-state index in [1.54, 1.807) is 7.11 Å². The van der Waals surface area contributed by atoms with Crippen LogP contribution in [0.4, 0.5) is 0 Å². The Morgan fingerprint density at radius 3 is 2.18 bits per heavy atom. The molecule has 1 aromatic rings. The largest absolute Gasteiger partial charge is 0.496 e. The number of aliphatic hydroxyl groups excluding tert-OH is 1. The summed E-state index contributed by atoms with van der Waals surface area (Å²) < 4.78 is 5.42. The maximum Gasteiger partial charge on any atom is 0.124 e. The zero-order valence-corrected chi connectivity index (χ0v) is 11.8. The van der Waals surface area contributed by atoms with Crippen LogP contribution in [0.1, 0.15) is 42.0 Å². The topological polar surface area (TPSA) is 29.5 Å². The van der Waals surface area contributed by atoms with Crippen LogP contribution in [-0.2, 0) is 0 Å². The summed E-state index contributed by atoms with van der Waals surface area (Å²) in [6, 6.07) is 2.15. The van der Waals surface area contributed by atoms with E-state index in [4.69, 9.17) is 4.74 Å². The van der Waals surface area contributed by atoms with E-state index in [0.29, 0.717) is 5.92 Å². The van der Waals surface area contributed by atoms with E-state index in [2.05, 4.69) is 40.7 Å². The molecule has 0 aliphatic heterocycles. The molecule has 1 unspecified atom stereocenters. The minimum atomic E-state index is 0.198. The molecule has 0 saturated carbocycles. The highest BCUT2D eigenvalue weighted by Gasteiger charge is 2.20. The average Bonchev–Trinajstić information content (AvgIpc) is 2.26. The number of aliphatic hydroxyl groups is 1. The van der Waals surface area contributed by atoms with Crippen molar-refractivity contribution in [2.24, 2.45) is 5.92 Å². The standard InChI is InChI=1S/C15H24O2/c1-9(2)14(8-16)13-7-10(3)15(17-6)12(5)11(13)4/h7,9,14,16H,8H2,1-6H3. The molecule has 0 bridgehead atoms. The maximum absolute atomic E-state index is 9.55. The Labute approximate surface area is 105 Å². The number of benzene rings is 1.